The second-order valence-electron chi connectivity index (χ2n) is 4.69. The number of hydrogen-bond donors (Lipinski definition) is 1. The van der Waals surface area contributed by atoms with Gasteiger partial charge in [-0.15, -0.1) is 0 Å². The Hall–Kier alpha value is -2.54. The van der Waals surface area contributed by atoms with Gasteiger partial charge in [-0.2, -0.15) is 0 Å². The first-order valence-corrected chi connectivity index (χ1v) is 7.17. The Morgan fingerprint density at radius 2 is 2.05 bits per heavy atom. The average molecular weight is 360 g/mol. The maximum Gasteiger partial charge on any atom is 0.354 e. The van der Waals surface area contributed by atoms with Gasteiger partial charge in [0.25, 0.3) is 5.56 Å². The maximum atomic E-state index is 12.5. The summed E-state index contributed by atoms with van der Waals surface area (Å²) in [5.74, 6) is -1.10. The molecule has 6 nitrogen and oxygen atoms in total. The van der Waals surface area contributed by atoms with Crippen molar-refractivity contribution in [3.05, 3.63) is 68.9 Å². The van der Waals surface area contributed by atoms with Gasteiger partial charge in [0.1, 0.15) is 5.69 Å². The first kappa shape index (κ1) is 14.4. The Morgan fingerprint density at radius 3 is 2.82 bits per heavy atom. The molecule has 3 aromatic rings. The molecule has 22 heavy (non-hydrogen) atoms. The molecule has 0 spiro atoms. The molecule has 0 saturated heterocycles. The van der Waals surface area contributed by atoms with E-state index in [1.807, 2.05) is 6.07 Å². The van der Waals surface area contributed by atoms with Crippen LogP contribution in [0.15, 0.2) is 52.1 Å². The highest BCUT2D eigenvalue weighted by Gasteiger charge is 2.08. The predicted octanol–water partition coefficient (Wildman–Crippen LogP) is 2.30. The van der Waals surface area contributed by atoms with Crippen molar-refractivity contribution in [2.24, 2.45) is 0 Å². The minimum Gasteiger partial charge on any atom is -0.477 e. The lowest BCUT2D eigenvalue weighted by atomic mass is 10.2. The Kier molecular flexibility index (Phi) is 3.72. The van der Waals surface area contributed by atoms with Crippen molar-refractivity contribution in [1.82, 2.24) is 14.5 Å². The lowest BCUT2D eigenvalue weighted by molar-refractivity contribution is 0.0690. The summed E-state index contributed by atoms with van der Waals surface area (Å²) in [6, 6.07) is 8.42. The third-order valence-electron chi connectivity index (χ3n) is 3.18. The van der Waals surface area contributed by atoms with E-state index in [2.05, 4.69) is 25.9 Å². The van der Waals surface area contributed by atoms with E-state index in [1.165, 1.54) is 23.2 Å². The number of nitrogens with zero attached hydrogens (tertiary/aromatic N) is 3. The minimum atomic E-state index is -1.10. The molecule has 110 valence electrons. The Balaban J connectivity index is 2.04. The van der Waals surface area contributed by atoms with Gasteiger partial charge in [0.05, 0.1) is 23.8 Å². The van der Waals surface area contributed by atoms with Gasteiger partial charge in [-0.3, -0.25) is 9.36 Å². The molecule has 0 radical (unpaired) electrons. The standard InChI is InChI=1S/C15H10BrN3O3/c16-10-1-2-12-11(6-10)14(20)19(8-18-12)7-9-3-4-17-13(5-9)15(21)22/h1-6,8H,7H2,(H,21,22). The second-order valence-corrected chi connectivity index (χ2v) is 5.61. The summed E-state index contributed by atoms with van der Waals surface area (Å²) < 4.78 is 2.24. The van der Waals surface area contributed by atoms with E-state index < -0.39 is 5.97 Å². The molecule has 2 heterocycles. The molecule has 0 aliphatic rings. The summed E-state index contributed by atoms with van der Waals surface area (Å²) in [5, 5.41) is 9.46. The van der Waals surface area contributed by atoms with Crippen molar-refractivity contribution in [3.8, 4) is 0 Å². The van der Waals surface area contributed by atoms with Crippen molar-refractivity contribution in [3.63, 3.8) is 0 Å². The van der Waals surface area contributed by atoms with Crippen molar-refractivity contribution in [2.45, 2.75) is 6.54 Å². The first-order chi connectivity index (χ1) is 10.5. The van der Waals surface area contributed by atoms with Crippen LogP contribution in [0.4, 0.5) is 0 Å². The zero-order valence-corrected chi connectivity index (χ0v) is 12.8. The molecule has 7 heteroatoms. The fraction of sp³-hybridized carbons (Fsp3) is 0.0667. The van der Waals surface area contributed by atoms with E-state index in [0.29, 0.717) is 16.5 Å². The molecular formula is C15H10BrN3O3. The zero-order valence-electron chi connectivity index (χ0n) is 11.2. The summed E-state index contributed by atoms with van der Waals surface area (Å²) in [6.07, 6.45) is 2.87. The summed E-state index contributed by atoms with van der Waals surface area (Å²) in [7, 11) is 0. The summed E-state index contributed by atoms with van der Waals surface area (Å²) in [5.41, 5.74) is 1.05. The Labute approximate surface area is 133 Å². The molecule has 0 fully saturated rings. The molecule has 3 rings (SSSR count). The van der Waals surface area contributed by atoms with Gasteiger partial charge >= 0.3 is 5.97 Å². The lowest BCUT2D eigenvalue weighted by Gasteiger charge is -2.07. The molecule has 0 amide bonds. The molecule has 0 bridgehead atoms. The van der Waals surface area contributed by atoms with Crippen LogP contribution < -0.4 is 5.56 Å². The zero-order chi connectivity index (χ0) is 15.7. The SMILES string of the molecule is O=C(O)c1cc(Cn2cnc3ccc(Br)cc3c2=O)ccn1. The summed E-state index contributed by atoms with van der Waals surface area (Å²) in [6.45, 7) is 0.233. The molecule has 2 aromatic heterocycles. The van der Waals surface area contributed by atoms with E-state index in [1.54, 1.807) is 18.2 Å². The van der Waals surface area contributed by atoms with E-state index in [9.17, 15) is 9.59 Å². The highest BCUT2D eigenvalue weighted by molar-refractivity contribution is 9.10. The number of halogens is 1. The molecule has 0 unspecified atom stereocenters. The lowest BCUT2D eigenvalue weighted by Crippen LogP contribution is -2.21. The third kappa shape index (κ3) is 2.75. The number of benzene rings is 1. The van der Waals surface area contributed by atoms with Gasteiger partial charge in [0.2, 0.25) is 0 Å². The Bertz CT molecular complexity index is 937. The van der Waals surface area contributed by atoms with Crippen LogP contribution in [0.3, 0.4) is 0 Å². The van der Waals surface area contributed by atoms with E-state index in [-0.39, 0.29) is 17.8 Å². The third-order valence-corrected chi connectivity index (χ3v) is 3.68. The van der Waals surface area contributed by atoms with Crippen LogP contribution in [0.25, 0.3) is 10.9 Å². The number of aromatic carboxylic acids is 1. The molecule has 1 N–H and O–H groups in total. The number of rotatable bonds is 3. The van der Waals surface area contributed by atoms with Crippen LogP contribution >= 0.6 is 15.9 Å². The van der Waals surface area contributed by atoms with Crippen molar-refractivity contribution >= 4 is 32.8 Å². The van der Waals surface area contributed by atoms with E-state index >= 15 is 0 Å². The average Bonchev–Trinajstić information content (AvgIpc) is 2.51. The Morgan fingerprint density at radius 1 is 1.23 bits per heavy atom. The molecule has 0 saturated carbocycles. The number of carboxylic acids is 1. The number of fused-ring (bicyclic) bond motifs is 1. The summed E-state index contributed by atoms with van der Waals surface area (Å²) in [4.78, 5) is 31.4. The van der Waals surface area contributed by atoms with Crippen molar-refractivity contribution in [2.75, 3.05) is 0 Å². The first-order valence-electron chi connectivity index (χ1n) is 6.37. The molecule has 0 aliphatic carbocycles. The quantitative estimate of drug-likeness (QED) is 0.775. The monoisotopic (exact) mass is 359 g/mol. The maximum absolute atomic E-state index is 12.5. The van der Waals surface area contributed by atoms with E-state index in [0.717, 1.165) is 4.47 Å². The largest absolute Gasteiger partial charge is 0.477 e. The highest BCUT2D eigenvalue weighted by atomic mass is 79.9. The predicted molar refractivity (Wildman–Crippen MR) is 84.0 cm³/mol. The normalized spacial score (nSPS) is 10.8. The van der Waals surface area contributed by atoms with Gasteiger partial charge in [-0.25, -0.2) is 14.8 Å². The van der Waals surface area contributed by atoms with Crippen LogP contribution in [0.1, 0.15) is 16.1 Å². The van der Waals surface area contributed by atoms with Crippen LogP contribution in [0.5, 0.6) is 0 Å². The molecule has 0 atom stereocenters. The topological polar surface area (TPSA) is 85.1 Å². The van der Waals surface area contributed by atoms with Crippen LogP contribution in [-0.4, -0.2) is 25.6 Å². The van der Waals surface area contributed by atoms with Gasteiger partial charge in [-0.1, -0.05) is 15.9 Å². The molecule has 1 aromatic carbocycles. The van der Waals surface area contributed by atoms with Gasteiger partial charge < -0.3 is 5.11 Å². The van der Waals surface area contributed by atoms with Crippen molar-refractivity contribution < 1.29 is 9.90 Å². The number of carboxylic acid groups (broad SMARTS) is 1. The van der Waals surface area contributed by atoms with Crippen molar-refractivity contribution in [1.29, 1.82) is 0 Å². The summed E-state index contributed by atoms with van der Waals surface area (Å²) >= 11 is 3.33. The highest BCUT2D eigenvalue weighted by Crippen LogP contribution is 2.15. The molecular weight excluding hydrogens is 350 g/mol. The van der Waals surface area contributed by atoms with Gasteiger partial charge in [0.15, 0.2) is 0 Å². The van der Waals surface area contributed by atoms with Crippen LogP contribution in [-0.2, 0) is 6.54 Å². The number of carbonyl (C=O) groups is 1. The van der Waals surface area contributed by atoms with Crippen LogP contribution in [0.2, 0.25) is 0 Å². The second kappa shape index (κ2) is 5.69. The van der Waals surface area contributed by atoms with Gasteiger partial charge in [0, 0.05) is 10.7 Å². The van der Waals surface area contributed by atoms with Crippen LogP contribution in [0, 0.1) is 0 Å². The fourth-order valence-corrected chi connectivity index (χ4v) is 2.49. The number of aromatic nitrogens is 3. The van der Waals surface area contributed by atoms with Gasteiger partial charge in [-0.05, 0) is 35.9 Å². The number of pyridine rings is 1. The number of hydrogen-bond acceptors (Lipinski definition) is 4. The minimum absolute atomic E-state index is 0.0537. The van der Waals surface area contributed by atoms with E-state index in [4.69, 9.17) is 5.11 Å². The molecule has 0 aliphatic heterocycles. The smallest absolute Gasteiger partial charge is 0.354 e. The fourth-order valence-electron chi connectivity index (χ4n) is 2.13.